The minimum Gasteiger partial charge on any atom is -0.406 e. The van der Waals surface area contributed by atoms with Crippen LogP contribution in [0.25, 0.3) is 0 Å². The third-order valence-electron chi connectivity index (χ3n) is 6.35. The number of nitrogens with one attached hydrogen (secondary N) is 1. The van der Waals surface area contributed by atoms with Crippen LogP contribution in [0.3, 0.4) is 0 Å². The van der Waals surface area contributed by atoms with Crippen molar-refractivity contribution in [3.05, 3.63) is 59.7 Å². The summed E-state index contributed by atoms with van der Waals surface area (Å²) in [6, 6.07) is 8.64. The molecule has 12 nitrogen and oxygen atoms in total. The van der Waals surface area contributed by atoms with Crippen LogP contribution in [0.1, 0.15) is 28.3 Å². The second-order valence-electron chi connectivity index (χ2n) is 9.55. The van der Waals surface area contributed by atoms with Gasteiger partial charge in [0.25, 0.3) is 5.91 Å². The molecule has 3 heterocycles. The number of hydrogen-bond acceptors (Lipinski definition) is 9. The van der Waals surface area contributed by atoms with Crippen LogP contribution >= 0.6 is 0 Å². The van der Waals surface area contributed by atoms with Gasteiger partial charge in [0.05, 0.1) is 43.6 Å². The van der Waals surface area contributed by atoms with Crippen LogP contribution in [0.4, 0.5) is 23.2 Å². The van der Waals surface area contributed by atoms with Crippen LogP contribution < -0.4 is 15.0 Å². The zero-order valence-corrected chi connectivity index (χ0v) is 22.6. The summed E-state index contributed by atoms with van der Waals surface area (Å²) in [4.78, 5) is 39.8. The Morgan fingerprint density at radius 3 is 2.55 bits per heavy atom. The van der Waals surface area contributed by atoms with Gasteiger partial charge in [-0.2, -0.15) is 10.2 Å². The molecule has 1 N–H and O–H groups in total. The zero-order chi connectivity index (χ0) is 30.3. The van der Waals surface area contributed by atoms with Crippen molar-refractivity contribution in [3.8, 4) is 5.75 Å². The van der Waals surface area contributed by atoms with Gasteiger partial charge in [-0.05, 0) is 37.1 Å². The molecule has 3 aromatic rings. The van der Waals surface area contributed by atoms with Gasteiger partial charge in [-0.15, -0.1) is 18.3 Å². The van der Waals surface area contributed by atoms with Crippen molar-refractivity contribution < 1.29 is 36.7 Å². The predicted molar refractivity (Wildman–Crippen MR) is 139 cm³/mol. The van der Waals surface area contributed by atoms with Crippen LogP contribution in [0.15, 0.2) is 42.6 Å². The summed E-state index contributed by atoms with van der Waals surface area (Å²) in [7, 11) is 1.46. The summed E-state index contributed by atoms with van der Waals surface area (Å²) in [5, 5.41) is 17.9. The number of ketones is 1. The van der Waals surface area contributed by atoms with Crippen LogP contribution in [0.2, 0.25) is 0 Å². The Balaban J connectivity index is 1.20. The van der Waals surface area contributed by atoms with Crippen LogP contribution in [-0.4, -0.2) is 93.4 Å². The number of piperazine rings is 1. The van der Waals surface area contributed by atoms with E-state index in [1.54, 1.807) is 23.1 Å². The van der Waals surface area contributed by atoms with E-state index in [9.17, 15) is 31.9 Å². The molecule has 0 aliphatic carbocycles. The van der Waals surface area contributed by atoms with Gasteiger partial charge < -0.3 is 19.9 Å². The van der Waals surface area contributed by atoms with Crippen molar-refractivity contribution in [2.75, 3.05) is 38.1 Å². The number of alkyl halides is 4. The summed E-state index contributed by atoms with van der Waals surface area (Å²) in [6.07, 6.45) is -4.35. The van der Waals surface area contributed by atoms with Gasteiger partial charge in [-0.25, -0.2) is 9.07 Å². The fraction of sp³-hybridized carbons (Fsp3) is 0.423. The molecular weight excluding hydrogens is 564 g/mol. The highest BCUT2D eigenvalue weighted by Gasteiger charge is 2.32. The summed E-state index contributed by atoms with van der Waals surface area (Å²) in [5.74, 6) is -1.39. The number of anilines is 1. The lowest BCUT2D eigenvalue weighted by atomic mass is 10.1. The quantitative estimate of drug-likeness (QED) is 0.312. The average Bonchev–Trinajstić information content (AvgIpc) is 3.41. The molecule has 0 radical (unpaired) electrons. The van der Waals surface area contributed by atoms with Gasteiger partial charge in [-0.3, -0.25) is 14.4 Å². The molecule has 1 atom stereocenters. The minimum absolute atomic E-state index is 0.0523. The summed E-state index contributed by atoms with van der Waals surface area (Å²) in [6.45, 7) is 0.228. The summed E-state index contributed by atoms with van der Waals surface area (Å²) < 4.78 is 57.2. The number of amides is 2. The smallest absolute Gasteiger partial charge is 0.406 e. The topological polar surface area (TPSA) is 135 Å². The second-order valence-corrected chi connectivity index (χ2v) is 9.55. The molecule has 42 heavy (non-hydrogen) atoms. The number of carbonyl (C=O) groups excluding carboxylic acids is 3. The van der Waals surface area contributed by atoms with Crippen LogP contribution in [-0.2, 0) is 29.0 Å². The Kier molecular flexibility index (Phi) is 9.64. The van der Waals surface area contributed by atoms with Crippen molar-refractivity contribution in [3.63, 3.8) is 0 Å². The highest BCUT2D eigenvalue weighted by molar-refractivity contribution is 5.91. The van der Waals surface area contributed by atoms with Crippen LogP contribution in [0.5, 0.6) is 5.75 Å². The van der Waals surface area contributed by atoms with E-state index in [2.05, 4.69) is 30.6 Å². The monoisotopic (exact) mass is 592 g/mol. The molecular formula is C26H28F4N8O4. The molecule has 16 heteroatoms. The molecule has 1 aliphatic heterocycles. The molecule has 1 aromatic carbocycles. The van der Waals surface area contributed by atoms with E-state index in [0.717, 1.165) is 0 Å². The Labute approximate surface area is 237 Å². The highest BCUT2D eigenvalue weighted by atomic mass is 19.4. The van der Waals surface area contributed by atoms with Gasteiger partial charge in [0.2, 0.25) is 5.91 Å². The third kappa shape index (κ3) is 8.68. The Morgan fingerprint density at radius 1 is 1.10 bits per heavy atom. The van der Waals surface area contributed by atoms with Crippen LogP contribution in [0, 0.1) is 0 Å². The number of hydrogen-bond donors (Lipinski definition) is 1. The first-order chi connectivity index (χ1) is 20.0. The fourth-order valence-electron chi connectivity index (χ4n) is 4.28. The number of aromatic nitrogens is 5. The van der Waals surface area contributed by atoms with E-state index in [4.69, 9.17) is 0 Å². The SMILES string of the molecule is CNC(=O)c1cn(CC(F)CCc2ccc(CC(=O)CN3CCN(c4cccc(OC(F)(F)F)c4)CC3=O)nn2)nn1. The number of ether oxygens (including phenoxy) is 1. The largest absolute Gasteiger partial charge is 0.573 e. The number of halogens is 4. The van der Waals surface area contributed by atoms with E-state index >= 15 is 0 Å². The molecule has 0 spiro atoms. The normalized spacial score (nSPS) is 14.5. The van der Waals surface area contributed by atoms with Crippen molar-refractivity contribution in [1.82, 2.24) is 35.4 Å². The number of carbonyl (C=O) groups is 3. The van der Waals surface area contributed by atoms with Gasteiger partial charge in [-0.1, -0.05) is 11.3 Å². The maximum atomic E-state index is 14.4. The molecule has 1 aliphatic rings. The first kappa shape index (κ1) is 30.3. The standard InChI is InChI=1S/C26H28F4N8O4/c1-31-25(41)23-15-38(35-34-23)13-17(27)5-6-18-7-8-19(33-32-18)11-21(39)14-37-10-9-36(16-24(37)40)20-3-2-4-22(12-20)42-26(28,29)30/h2-4,7-8,12,15,17H,5-6,9-11,13-14,16H2,1H3,(H,31,41). The first-order valence-electron chi connectivity index (χ1n) is 13.0. The Hall–Kier alpha value is -4.63. The Bertz CT molecular complexity index is 1400. The highest BCUT2D eigenvalue weighted by Crippen LogP contribution is 2.27. The zero-order valence-electron chi connectivity index (χ0n) is 22.6. The molecule has 1 saturated heterocycles. The van der Waals surface area contributed by atoms with Gasteiger partial charge >= 0.3 is 6.36 Å². The number of benzene rings is 1. The van der Waals surface area contributed by atoms with Crippen molar-refractivity contribution >= 4 is 23.3 Å². The maximum absolute atomic E-state index is 14.4. The molecule has 2 aromatic heterocycles. The van der Waals surface area contributed by atoms with Crippen molar-refractivity contribution in [2.45, 2.75) is 38.3 Å². The number of rotatable bonds is 12. The predicted octanol–water partition coefficient (Wildman–Crippen LogP) is 1.76. The lowest BCUT2D eigenvalue weighted by molar-refractivity contribution is -0.274. The molecule has 1 unspecified atom stereocenters. The van der Waals surface area contributed by atoms with E-state index < -0.39 is 18.4 Å². The van der Waals surface area contributed by atoms with Gasteiger partial charge in [0.1, 0.15) is 11.9 Å². The van der Waals surface area contributed by atoms with Gasteiger partial charge in [0.15, 0.2) is 11.5 Å². The van der Waals surface area contributed by atoms with E-state index in [0.29, 0.717) is 30.0 Å². The lowest BCUT2D eigenvalue weighted by Gasteiger charge is -2.35. The van der Waals surface area contributed by atoms with E-state index in [1.165, 1.54) is 41.0 Å². The molecule has 2 amide bonds. The number of nitrogens with zero attached hydrogens (tertiary/aromatic N) is 7. The average molecular weight is 593 g/mol. The molecule has 1 fully saturated rings. The Morgan fingerprint density at radius 2 is 1.86 bits per heavy atom. The summed E-state index contributed by atoms with van der Waals surface area (Å²) >= 11 is 0. The van der Waals surface area contributed by atoms with E-state index in [-0.39, 0.29) is 62.2 Å². The number of aryl methyl sites for hydroxylation is 1. The third-order valence-corrected chi connectivity index (χ3v) is 6.35. The first-order valence-corrected chi connectivity index (χ1v) is 13.0. The fourth-order valence-corrected chi connectivity index (χ4v) is 4.28. The molecule has 0 saturated carbocycles. The molecule has 4 rings (SSSR count). The molecule has 224 valence electrons. The second kappa shape index (κ2) is 13.4. The lowest BCUT2D eigenvalue weighted by Crippen LogP contribution is -2.52. The molecule has 0 bridgehead atoms. The maximum Gasteiger partial charge on any atom is 0.573 e. The van der Waals surface area contributed by atoms with E-state index in [1.807, 2.05) is 0 Å². The van der Waals surface area contributed by atoms with Gasteiger partial charge in [0, 0.05) is 31.9 Å². The number of Topliss-reactive ketones (excluding diaryl/α,β-unsaturated/α-hetero) is 1. The summed E-state index contributed by atoms with van der Waals surface area (Å²) in [5.41, 5.74) is 1.43. The van der Waals surface area contributed by atoms with Crippen molar-refractivity contribution in [2.24, 2.45) is 0 Å². The minimum atomic E-state index is -4.82. The van der Waals surface area contributed by atoms with Crippen molar-refractivity contribution in [1.29, 1.82) is 0 Å².